The van der Waals surface area contributed by atoms with Gasteiger partial charge in [0.05, 0.1) is 10.6 Å². The van der Waals surface area contributed by atoms with E-state index in [0.29, 0.717) is 21.5 Å². The Balaban J connectivity index is 1.62. The Hall–Kier alpha value is -3.42. The molecule has 4 aromatic rings. The molecule has 0 atom stereocenters. The maximum atomic E-state index is 13.0. The van der Waals surface area contributed by atoms with Crippen LogP contribution in [0.25, 0.3) is 16.9 Å². The quantitative estimate of drug-likeness (QED) is 0.368. The monoisotopic (exact) mass is 478 g/mol. The van der Waals surface area contributed by atoms with E-state index in [2.05, 4.69) is 10.3 Å². The lowest BCUT2D eigenvalue weighted by Crippen LogP contribution is -2.42. The molecule has 2 aromatic carbocycles. The number of benzene rings is 2. The Morgan fingerprint density at radius 1 is 1.09 bits per heavy atom. The number of anilines is 1. The van der Waals surface area contributed by atoms with Gasteiger partial charge in [0.25, 0.3) is 5.91 Å². The van der Waals surface area contributed by atoms with Crippen LogP contribution in [0.15, 0.2) is 78.3 Å². The molecule has 8 heteroatoms. The highest BCUT2D eigenvalue weighted by molar-refractivity contribution is 7.12. The lowest BCUT2D eigenvalue weighted by molar-refractivity contribution is -0.117. The summed E-state index contributed by atoms with van der Waals surface area (Å²) >= 11 is 7.56. The molecule has 4 rings (SSSR count). The number of carbonyl (C=O) groups excluding carboxylic acids is 2. The summed E-state index contributed by atoms with van der Waals surface area (Å²) in [7, 11) is 0. The van der Waals surface area contributed by atoms with Crippen molar-refractivity contribution in [1.82, 2.24) is 14.5 Å². The molecule has 33 heavy (non-hydrogen) atoms. The fourth-order valence-corrected chi connectivity index (χ4v) is 4.25. The van der Waals surface area contributed by atoms with Crippen LogP contribution in [-0.2, 0) is 4.79 Å². The minimum Gasteiger partial charge on any atom is -0.326 e. The maximum Gasteiger partial charge on any atom is 0.264 e. The molecule has 0 bridgehead atoms. The molecule has 1 N–H and O–H groups in total. The van der Waals surface area contributed by atoms with Gasteiger partial charge >= 0.3 is 0 Å². The van der Waals surface area contributed by atoms with Crippen LogP contribution in [0.4, 0.5) is 5.95 Å². The average Bonchev–Trinajstić information content (AvgIpc) is 3.48. The Kier molecular flexibility index (Phi) is 6.91. The van der Waals surface area contributed by atoms with Gasteiger partial charge in [-0.2, -0.15) is 0 Å². The van der Waals surface area contributed by atoms with Gasteiger partial charge < -0.3 is 4.90 Å². The van der Waals surface area contributed by atoms with E-state index in [9.17, 15) is 9.59 Å². The molecule has 0 saturated heterocycles. The Labute approximate surface area is 201 Å². The summed E-state index contributed by atoms with van der Waals surface area (Å²) in [6.45, 7) is 3.69. The molecule has 0 fully saturated rings. The van der Waals surface area contributed by atoms with Crippen LogP contribution in [0.3, 0.4) is 0 Å². The van der Waals surface area contributed by atoms with Crippen molar-refractivity contribution in [1.29, 1.82) is 0 Å². The van der Waals surface area contributed by atoms with E-state index in [0.717, 1.165) is 11.3 Å². The van der Waals surface area contributed by atoms with Gasteiger partial charge in [-0.05, 0) is 43.5 Å². The summed E-state index contributed by atoms with van der Waals surface area (Å²) in [4.78, 5) is 32.7. The maximum absolute atomic E-state index is 13.0. The summed E-state index contributed by atoms with van der Waals surface area (Å²) in [6.07, 6.45) is 1.85. The van der Waals surface area contributed by atoms with E-state index in [4.69, 9.17) is 11.6 Å². The molecule has 6 nitrogen and oxygen atoms in total. The topological polar surface area (TPSA) is 67.2 Å². The van der Waals surface area contributed by atoms with E-state index < -0.39 is 0 Å². The van der Waals surface area contributed by atoms with Crippen LogP contribution in [0.5, 0.6) is 0 Å². The van der Waals surface area contributed by atoms with E-state index >= 15 is 0 Å². The normalized spacial score (nSPS) is 10.9. The first kappa shape index (κ1) is 22.8. The second-order valence-corrected chi connectivity index (χ2v) is 9.10. The zero-order chi connectivity index (χ0) is 23.4. The smallest absolute Gasteiger partial charge is 0.264 e. The molecular weight excluding hydrogens is 456 g/mol. The van der Waals surface area contributed by atoms with E-state index in [1.807, 2.05) is 74.0 Å². The van der Waals surface area contributed by atoms with Gasteiger partial charge in [0, 0.05) is 28.5 Å². The molecule has 0 aliphatic heterocycles. The highest BCUT2D eigenvalue weighted by Gasteiger charge is 2.23. The number of nitrogens with zero attached hydrogens (tertiary/aromatic N) is 3. The lowest BCUT2D eigenvalue weighted by Gasteiger charge is -2.25. The number of nitrogens with one attached hydrogen (secondary N) is 1. The number of imidazole rings is 1. The van der Waals surface area contributed by atoms with Crippen LogP contribution in [0.2, 0.25) is 5.02 Å². The van der Waals surface area contributed by atoms with E-state index in [-0.39, 0.29) is 24.4 Å². The first-order valence-electron chi connectivity index (χ1n) is 10.5. The minimum absolute atomic E-state index is 0.0858. The van der Waals surface area contributed by atoms with Gasteiger partial charge in [0.15, 0.2) is 0 Å². The van der Waals surface area contributed by atoms with Crippen molar-refractivity contribution in [3.8, 4) is 16.9 Å². The average molecular weight is 479 g/mol. The number of amides is 2. The fraction of sp³-hybridized carbons (Fsp3) is 0.160. The highest BCUT2D eigenvalue weighted by Crippen LogP contribution is 2.25. The van der Waals surface area contributed by atoms with Crippen LogP contribution < -0.4 is 5.32 Å². The summed E-state index contributed by atoms with van der Waals surface area (Å²) in [5.41, 5.74) is 2.40. The predicted octanol–water partition coefficient (Wildman–Crippen LogP) is 5.74. The van der Waals surface area contributed by atoms with Gasteiger partial charge in [-0.1, -0.05) is 54.1 Å². The molecule has 0 unspecified atom stereocenters. The minimum atomic E-state index is -0.331. The number of hydrogen-bond acceptors (Lipinski definition) is 4. The number of hydrogen-bond donors (Lipinski definition) is 1. The van der Waals surface area contributed by atoms with Crippen molar-refractivity contribution in [2.75, 3.05) is 11.9 Å². The molecule has 2 aromatic heterocycles. The Morgan fingerprint density at radius 3 is 2.55 bits per heavy atom. The molecule has 168 valence electrons. The molecular formula is C25H23ClN4O2S. The second-order valence-electron chi connectivity index (χ2n) is 7.72. The largest absolute Gasteiger partial charge is 0.326 e. The third kappa shape index (κ3) is 5.32. The van der Waals surface area contributed by atoms with Crippen LogP contribution >= 0.6 is 22.9 Å². The van der Waals surface area contributed by atoms with Gasteiger partial charge in [-0.25, -0.2) is 4.98 Å². The van der Waals surface area contributed by atoms with Crippen LogP contribution in [-0.4, -0.2) is 38.9 Å². The molecule has 0 aliphatic carbocycles. The number of carbonyl (C=O) groups is 2. The first-order valence-corrected chi connectivity index (χ1v) is 11.7. The van der Waals surface area contributed by atoms with Crippen LogP contribution in [0, 0.1) is 0 Å². The molecule has 0 aliphatic rings. The summed E-state index contributed by atoms with van der Waals surface area (Å²) < 4.78 is 1.78. The molecule has 0 radical (unpaired) electrons. The zero-order valence-corrected chi connectivity index (χ0v) is 19.8. The third-order valence-corrected chi connectivity index (χ3v) is 6.14. The van der Waals surface area contributed by atoms with Crippen LogP contribution in [0.1, 0.15) is 23.5 Å². The van der Waals surface area contributed by atoms with Crippen molar-refractivity contribution in [3.63, 3.8) is 0 Å². The predicted molar refractivity (Wildman–Crippen MR) is 133 cm³/mol. The Bertz CT molecular complexity index is 1250. The molecule has 2 heterocycles. The van der Waals surface area contributed by atoms with Crippen molar-refractivity contribution in [3.05, 3.63) is 88.2 Å². The van der Waals surface area contributed by atoms with Crippen molar-refractivity contribution in [2.24, 2.45) is 0 Å². The van der Waals surface area contributed by atoms with Crippen molar-refractivity contribution in [2.45, 2.75) is 19.9 Å². The van der Waals surface area contributed by atoms with Crippen molar-refractivity contribution < 1.29 is 9.59 Å². The fourth-order valence-electron chi connectivity index (χ4n) is 3.39. The summed E-state index contributed by atoms with van der Waals surface area (Å²) in [5, 5.41) is 5.31. The summed E-state index contributed by atoms with van der Waals surface area (Å²) in [6, 6.07) is 20.5. The third-order valence-electron chi connectivity index (χ3n) is 5.04. The van der Waals surface area contributed by atoms with Gasteiger partial charge in [-0.15, -0.1) is 11.3 Å². The Morgan fingerprint density at radius 2 is 1.88 bits per heavy atom. The summed E-state index contributed by atoms with van der Waals surface area (Å²) in [5.74, 6) is -0.145. The SMILES string of the molecule is CC(C)N(CC(=O)Nc1nc(-c2ccccc2)cn1-c1cccc(Cl)c1)C(=O)c1cccs1. The zero-order valence-electron chi connectivity index (χ0n) is 18.2. The van der Waals surface area contributed by atoms with E-state index in [1.165, 1.54) is 11.3 Å². The second kappa shape index (κ2) is 10.0. The number of halogens is 1. The van der Waals surface area contributed by atoms with Gasteiger partial charge in [0.1, 0.15) is 6.54 Å². The van der Waals surface area contributed by atoms with E-state index in [1.54, 1.807) is 27.7 Å². The van der Waals surface area contributed by atoms with Gasteiger partial charge in [0.2, 0.25) is 11.9 Å². The van der Waals surface area contributed by atoms with Gasteiger partial charge in [-0.3, -0.25) is 19.5 Å². The molecule has 0 saturated carbocycles. The molecule has 2 amide bonds. The number of thiophene rings is 1. The highest BCUT2D eigenvalue weighted by atomic mass is 35.5. The molecule has 0 spiro atoms. The standard InChI is InChI=1S/C25H23ClN4O2S/c1-17(2)29(24(32)22-12-7-13-33-22)16-23(31)28-25-27-21(18-8-4-3-5-9-18)15-30(25)20-11-6-10-19(26)14-20/h3-15,17H,16H2,1-2H3,(H,27,28,31). The number of aromatic nitrogens is 2. The first-order chi connectivity index (χ1) is 15.9. The number of rotatable bonds is 7. The lowest BCUT2D eigenvalue weighted by atomic mass is 10.2. The van der Waals surface area contributed by atoms with Crippen molar-refractivity contribution >= 4 is 40.7 Å².